The highest BCUT2D eigenvalue weighted by Crippen LogP contribution is 2.35. The fourth-order valence-electron chi connectivity index (χ4n) is 2.74. The van der Waals surface area contributed by atoms with E-state index in [2.05, 4.69) is 10.9 Å². The molecule has 2 aromatic heterocycles. The van der Waals surface area contributed by atoms with E-state index in [1.807, 2.05) is 24.3 Å². The van der Waals surface area contributed by atoms with Crippen LogP contribution in [0.15, 0.2) is 41.4 Å². The normalized spacial score (nSPS) is 12.0. The molecule has 4 aromatic rings. The third-order valence-electron chi connectivity index (χ3n) is 3.87. The number of fused-ring (bicyclic) bond motifs is 2. The predicted molar refractivity (Wildman–Crippen MR) is 105 cm³/mol. The van der Waals surface area contributed by atoms with Crippen molar-refractivity contribution >= 4 is 60.5 Å². The predicted octanol–water partition coefficient (Wildman–Crippen LogP) is 5.22. The Morgan fingerprint density at radius 3 is 2.74 bits per heavy atom. The Balaban J connectivity index is 1.92. The number of carbonyl (C=O) groups excluding carboxylic acids is 1. The quantitative estimate of drug-likeness (QED) is 0.411. The minimum absolute atomic E-state index is 0.00514. The summed E-state index contributed by atoms with van der Waals surface area (Å²) in [5.74, 6) is 0.381. The number of benzene rings is 2. The molecule has 0 atom stereocenters. The van der Waals surface area contributed by atoms with Gasteiger partial charge in [-0.1, -0.05) is 47.1 Å². The Kier molecular flexibility index (Phi) is 4.56. The molecule has 8 heteroatoms. The molecule has 0 spiro atoms. The van der Waals surface area contributed by atoms with Crippen molar-refractivity contribution in [2.24, 2.45) is 4.99 Å². The van der Waals surface area contributed by atoms with Gasteiger partial charge in [-0.15, -0.1) is 17.8 Å². The Morgan fingerprint density at radius 1 is 1.22 bits per heavy atom. The molecule has 0 saturated heterocycles. The smallest absolute Gasteiger partial charge is 0.291 e. The number of terminal acetylenes is 1. The fraction of sp³-hybridized carbons (Fsp3) is 0.0526. The monoisotopic (exact) mass is 418 g/mol. The van der Waals surface area contributed by atoms with Crippen LogP contribution in [0, 0.1) is 24.0 Å². The highest BCUT2D eigenvalue weighted by molar-refractivity contribution is 7.21. The lowest BCUT2D eigenvalue weighted by Crippen LogP contribution is -2.16. The second-order valence-corrected chi connectivity index (χ2v) is 8.01. The molecular formula is C19H9ClF2N2OS2. The summed E-state index contributed by atoms with van der Waals surface area (Å²) in [6, 6.07) is 9.32. The van der Waals surface area contributed by atoms with Crippen molar-refractivity contribution in [1.29, 1.82) is 0 Å². The Morgan fingerprint density at radius 2 is 2.00 bits per heavy atom. The molecule has 0 aliphatic rings. The standard InChI is InChI=1S/C19H9ClF2N2OS2/c1-2-7-24-16-12(22)8-10(21)9-14(16)27-19(24)23-18(25)17-15(20)11-5-3-4-6-13(11)26-17/h1,3-6,8-9H,7H2. The Hall–Kier alpha value is -2.53. The molecule has 3 nitrogen and oxygen atoms in total. The van der Waals surface area contributed by atoms with Crippen LogP contribution in [0.3, 0.4) is 0 Å². The maximum Gasteiger partial charge on any atom is 0.291 e. The van der Waals surface area contributed by atoms with Crippen LogP contribution >= 0.6 is 34.3 Å². The molecule has 27 heavy (non-hydrogen) atoms. The lowest BCUT2D eigenvalue weighted by atomic mass is 10.2. The number of halogens is 3. The number of thiophene rings is 1. The third-order valence-corrected chi connectivity index (χ3v) is 6.56. The van der Waals surface area contributed by atoms with Gasteiger partial charge in [0.2, 0.25) is 0 Å². The second kappa shape index (κ2) is 6.89. The van der Waals surface area contributed by atoms with Gasteiger partial charge in [-0.25, -0.2) is 8.78 Å². The fourth-order valence-corrected chi connectivity index (χ4v) is 5.21. The summed E-state index contributed by atoms with van der Waals surface area (Å²) >= 11 is 8.55. The van der Waals surface area contributed by atoms with Crippen molar-refractivity contribution < 1.29 is 13.6 Å². The van der Waals surface area contributed by atoms with Gasteiger partial charge >= 0.3 is 0 Å². The molecule has 1 amide bonds. The van der Waals surface area contributed by atoms with Crippen molar-refractivity contribution in [2.45, 2.75) is 6.54 Å². The third kappa shape index (κ3) is 3.06. The molecule has 0 fully saturated rings. The van der Waals surface area contributed by atoms with Crippen LogP contribution in [-0.2, 0) is 6.54 Å². The SMILES string of the molecule is C#CCn1c(=NC(=O)c2sc3ccccc3c2Cl)sc2cc(F)cc(F)c21. The molecule has 0 unspecified atom stereocenters. The number of nitrogens with zero attached hydrogens (tertiary/aromatic N) is 2. The van der Waals surface area contributed by atoms with Crippen molar-refractivity contribution in [2.75, 3.05) is 0 Å². The first kappa shape index (κ1) is 17.9. The van der Waals surface area contributed by atoms with Crippen molar-refractivity contribution in [3.05, 3.63) is 62.7 Å². The van der Waals surface area contributed by atoms with E-state index in [9.17, 15) is 13.6 Å². The molecule has 2 aromatic carbocycles. The Labute approximate surface area is 165 Å². The zero-order valence-corrected chi connectivity index (χ0v) is 15.9. The lowest BCUT2D eigenvalue weighted by Gasteiger charge is -2.01. The summed E-state index contributed by atoms with van der Waals surface area (Å²) in [6.45, 7) is -0.00514. The Bertz CT molecular complexity index is 1330. The molecule has 0 aliphatic carbocycles. The van der Waals surface area contributed by atoms with Gasteiger partial charge in [0.1, 0.15) is 10.7 Å². The van der Waals surface area contributed by atoms with E-state index in [0.717, 1.165) is 27.5 Å². The van der Waals surface area contributed by atoms with Gasteiger partial charge in [0, 0.05) is 16.2 Å². The zero-order chi connectivity index (χ0) is 19.1. The molecular weight excluding hydrogens is 410 g/mol. The van der Waals surface area contributed by atoms with Crippen molar-refractivity contribution in [3.63, 3.8) is 0 Å². The van der Waals surface area contributed by atoms with E-state index in [0.29, 0.717) is 9.72 Å². The average molecular weight is 419 g/mol. The average Bonchev–Trinajstić information content (AvgIpc) is 3.14. The van der Waals surface area contributed by atoms with Crippen LogP contribution in [0.5, 0.6) is 0 Å². The van der Waals surface area contributed by atoms with Crippen LogP contribution in [0.2, 0.25) is 5.02 Å². The van der Waals surface area contributed by atoms with E-state index in [4.69, 9.17) is 18.0 Å². The minimum Gasteiger partial charge on any atom is -0.302 e. The summed E-state index contributed by atoms with van der Waals surface area (Å²) < 4.78 is 30.3. The van der Waals surface area contributed by atoms with Gasteiger partial charge in [0.15, 0.2) is 10.6 Å². The highest BCUT2D eigenvalue weighted by Gasteiger charge is 2.18. The van der Waals surface area contributed by atoms with Gasteiger partial charge in [0.05, 0.1) is 21.8 Å². The topological polar surface area (TPSA) is 34.4 Å². The highest BCUT2D eigenvalue weighted by atomic mass is 35.5. The second-order valence-electron chi connectivity index (χ2n) is 5.57. The maximum absolute atomic E-state index is 14.2. The summed E-state index contributed by atoms with van der Waals surface area (Å²) in [4.78, 5) is 17.3. The van der Waals surface area contributed by atoms with Gasteiger partial charge in [-0.2, -0.15) is 4.99 Å². The van der Waals surface area contributed by atoms with E-state index in [1.165, 1.54) is 22.0 Å². The van der Waals surface area contributed by atoms with Gasteiger partial charge in [-0.05, 0) is 12.1 Å². The molecule has 0 aliphatic heterocycles. The number of carbonyl (C=O) groups is 1. The molecule has 0 saturated carbocycles. The number of thiazole rings is 1. The lowest BCUT2D eigenvalue weighted by molar-refractivity contribution is 0.100. The molecule has 0 radical (unpaired) electrons. The summed E-state index contributed by atoms with van der Waals surface area (Å²) in [7, 11) is 0. The molecule has 2 heterocycles. The van der Waals surface area contributed by atoms with Gasteiger partial charge in [0.25, 0.3) is 5.91 Å². The number of amides is 1. The van der Waals surface area contributed by atoms with Crippen molar-refractivity contribution in [1.82, 2.24) is 4.57 Å². The van der Waals surface area contributed by atoms with Crippen LogP contribution in [0.25, 0.3) is 20.3 Å². The number of hydrogen-bond donors (Lipinski definition) is 0. The number of hydrogen-bond acceptors (Lipinski definition) is 3. The minimum atomic E-state index is -0.759. The van der Waals surface area contributed by atoms with E-state index in [-0.39, 0.29) is 21.7 Å². The van der Waals surface area contributed by atoms with E-state index >= 15 is 0 Å². The maximum atomic E-state index is 14.2. The van der Waals surface area contributed by atoms with Crippen LogP contribution < -0.4 is 4.80 Å². The molecule has 4 rings (SSSR count). The number of aromatic nitrogens is 1. The van der Waals surface area contributed by atoms with Crippen LogP contribution in [0.4, 0.5) is 8.78 Å². The first-order valence-corrected chi connectivity index (χ1v) is 9.68. The summed E-state index contributed by atoms with van der Waals surface area (Å²) in [5, 5.41) is 1.09. The summed E-state index contributed by atoms with van der Waals surface area (Å²) in [5.41, 5.74) is 0.119. The first-order chi connectivity index (χ1) is 13.0. The van der Waals surface area contributed by atoms with Crippen molar-refractivity contribution in [3.8, 4) is 12.3 Å². The zero-order valence-electron chi connectivity index (χ0n) is 13.5. The summed E-state index contributed by atoms with van der Waals surface area (Å²) in [6.07, 6.45) is 5.37. The molecule has 0 bridgehead atoms. The first-order valence-electron chi connectivity index (χ1n) is 7.67. The van der Waals surface area contributed by atoms with Crippen LogP contribution in [-0.4, -0.2) is 10.5 Å². The molecule has 134 valence electrons. The van der Waals surface area contributed by atoms with Crippen LogP contribution in [0.1, 0.15) is 9.67 Å². The van der Waals surface area contributed by atoms with E-state index in [1.54, 1.807) is 0 Å². The molecule has 0 N–H and O–H groups in total. The van der Waals surface area contributed by atoms with Gasteiger partial charge in [-0.3, -0.25) is 4.79 Å². The van der Waals surface area contributed by atoms with Gasteiger partial charge < -0.3 is 4.57 Å². The number of rotatable bonds is 2. The largest absolute Gasteiger partial charge is 0.302 e. The van der Waals surface area contributed by atoms with E-state index < -0.39 is 17.5 Å².